The molecule has 0 amide bonds. The summed E-state index contributed by atoms with van der Waals surface area (Å²) in [6.07, 6.45) is 2.80. The van der Waals surface area contributed by atoms with Gasteiger partial charge in [-0.2, -0.15) is 8.42 Å². The van der Waals surface area contributed by atoms with E-state index in [-0.39, 0.29) is 18.4 Å². The van der Waals surface area contributed by atoms with Gasteiger partial charge in [-0.1, -0.05) is 23.7 Å². The second kappa shape index (κ2) is 11.3. The monoisotopic (exact) mass is 554 g/mol. The summed E-state index contributed by atoms with van der Waals surface area (Å²) in [5, 5.41) is 21.0. The molecule has 1 aromatic carbocycles. The number of rotatable bonds is 10. The molecular formula is C22H23ClN4O5S3. The van der Waals surface area contributed by atoms with Crippen LogP contribution in [-0.4, -0.2) is 48.0 Å². The van der Waals surface area contributed by atoms with Crippen molar-refractivity contribution >= 4 is 56.6 Å². The number of benzene rings is 1. The predicted octanol–water partition coefficient (Wildman–Crippen LogP) is 3.49. The first-order valence-electron chi connectivity index (χ1n) is 10.6. The largest absolute Gasteiger partial charge is 0.393 e. The molecule has 3 aromatic rings. The molecular weight excluding hydrogens is 532 g/mol. The van der Waals surface area contributed by atoms with Gasteiger partial charge in [0.15, 0.2) is 0 Å². The molecule has 0 bridgehead atoms. The zero-order chi connectivity index (χ0) is 25.0. The van der Waals surface area contributed by atoms with E-state index in [0.717, 1.165) is 10.5 Å². The zero-order valence-corrected chi connectivity index (χ0v) is 21.5. The van der Waals surface area contributed by atoms with Gasteiger partial charge in [0, 0.05) is 28.8 Å². The fourth-order valence-electron chi connectivity index (χ4n) is 3.81. The van der Waals surface area contributed by atoms with E-state index in [1.807, 2.05) is 35.7 Å². The minimum Gasteiger partial charge on any atom is -0.393 e. The average Bonchev–Trinajstić information content (AvgIpc) is 3.43. The highest BCUT2D eigenvalue weighted by Gasteiger charge is 2.34. The van der Waals surface area contributed by atoms with Crippen molar-refractivity contribution in [3.8, 4) is 0 Å². The van der Waals surface area contributed by atoms with Gasteiger partial charge < -0.3 is 10.4 Å². The number of aromatic nitrogens is 2. The Kier molecular flexibility index (Phi) is 8.42. The molecule has 13 heteroatoms. The molecule has 1 saturated carbocycles. The molecule has 0 aliphatic heterocycles. The van der Waals surface area contributed by atoms with Crippen LogP contribution in [0.25, 0.3) is 0 Å². The van der Waals surface area contributed by atoms with Crippen molar-refractivity contribution in [3.63, 3.8) is 0 Å². The fourth-order valence-corrected chi connectivity index (χ4v) is 6.32. The number of nitrogens with two attached hydrogens (primary N) is 1. The van der Waals surface area contributed by atoms with Crippen molar-refractivity contribution < 1.29 is 22.5 Å². The second-order valence-corrected chi connectivity index (χ2v) is 11.6. The molecule has 4 N–H and O–H groups in total. The number of halogens is 1. The van der Waals surface area contributed by atoms with Crippen molar-refractivity contribution in [2.75, 3.05) is 11.9 Å². The summed E-state index contributed by atoms with van der Waals surface area (Å²) in [5.41, 5.74) is 1.32. The Morgan fingerprint density at radius 3 is 2.91 bits per heavy atom. The van der Waals surface area contributed by atoms with Gasteiger partial charge in [0.2, 0.25) is 5.78 Å². The first-order valence-corrected chi connectivity index (χ1v) is 14.3. The summed E-state index contributed by atoms with van der Waals surface area (Å²) >= 11 is 9.17. The highest BCUT2D eigenvalue weighted by molar-refractivity contribution is 7.98. The van der Waals surface area contributed by atoms with Gasteiger partial charge >= 0.3 is 10.3 Å². The maximum absolute atomic E-state index is 13.2. The topological polar surface area (TPSA) is 144 Å². The molecule has 9 nitrogen and oxygen atoms in total. The lowest BCUT2D eigenvalue weighted by Crippen LogP contribution is -2.24. The third-order valence-electron chi connectivity index (χ3n) is 5.51. The average molecular weight is 555 g/mol. The van der Waals surface area contributed by atoms with Crippen molar-refractivity contribution in [3.05, 3.63) is 69.3 Å². The summed E-state index contributed by atoms with van der Waals surface area (Å²) in [6.45, 7) is -0.210. The van der Waals surface area contributed by atoms with E-state index < -0.39 is 22.3 Å². The van der Waals surface area contributed by atoms with Gasteiger partial charge in [-0.15, -0.1) is 23.1 Å². The number of nitrogens with one attached hydrogen (secondary N) is 1. The smallest absolute Gasteiger partial charge is 0.333 e. The van der Waals surface area contributed by atoms with Crippen LogP contribution >= 0.6 is 34.7 Å². The standard InChI is InChI=1S/C22H23ClN4O5S3/c23-17-3-1-2-4-19(17)33-10-13-5-20(34-11-13)21(29)16-8-25-12-26-22(16)27-15-6-14(18(28)7-15)9-32-35(24,30)31/h1-5,8,11-12,14-15,18,28H,6-7,9-10H2,(H2,24,30,31)(H,25,26,27)/t14-,15-,18+/m1/s1. The molecule has 0 spiro atoms. The summed E-state index contributed by atoms with van der Waals surface area (Å²) in [4.78, 5) is 23.0. The van der Waals surface area contributed by atoms with E-state index in [4.69, 9.17) is 16.7 Å². The van der Waals surface area contributed by atoms with Crippen LogP contribution in [0.5, 0.6) is 0 Å². The number of thiophene rings is 1. The molecule has 35 heavy (non-hydrogen) atoms. The number of hydrogen-bond acceptors (Lipinski definition) is 10. The number of thioether (sulfide) groups is 1. The SMILES string of the molecule is NS(=O)(=O)OC[C@H]1C[C@@H](Nc2ncncc2C(=O)c2cc(CSc3ccccc3Cl)cs2)C[C@@H]1O. The first kappa shape index (κ1) is 26.0. The molecule has 0 unspecified atom stereocenters. The van der Waals surface area contributed by atoms with E-state index in [1.54, 1.807) is 11.8 Å². The number of hydrogen-bond donors (Lipinski definition) is 3. The highest BCUT2D eigenvalue weighted by atomic mass is 35.5. The normalized spacial score (nSPS) is 20.1. The molecule has 0 saturated heterocycles. The van der Waals surface area contributed by atoms with Gasteiger partial charge in [-0.25, -0.2) is 15.1 Å². The van der Waals surface area contributed by atoms with E-state index in [9.17, 15) is 18.3 Å². The molecule has 4 rings (SSSR count). The second-order valence-electron chi connectivity index (χ2n) is 8.07. The Labute approximate surface area is 216 Å². The lowest BCUT2D eigenvalue weighted by atomic mass is 10.1. The van der Waals surface area contributed by atoms with E-state index in [1.165, 1.54) is 23.9 Å². The molecule has 186 valence electrons. The Morgan fingerprint density at radius 2 is 2.14 bits per heavy atom. The van der Waals surface area contributed by atoms with Crippen LogP contribution in [0.2, 0.25) is 5.02 Å². The van der Waals surface area contributed by atoms with Crippen molar-refractivity contribution in [2.24, 2.45) is 11.1 Å². The molecule has 0 radical (unpaired) electrons. The van der Waals surface area contributed by atoms with Crippen LogP contribution in [0.1, 0.15) is 33.6 Å². The lowest BCUT2D eigenvalue weighted by Gasteiger charge is -2.15. The number of ketones is 1. The number of anilines is 1. The highest BCUT2D eigenvalue weighted by Crippen LogP contribution is 2.32. The zero-order valence-electron chi connectivity index (χ0n) is 18.3. The Balaban J connectivity index is 1.41. The van der Waals surface area contributed by atoms with Crippen molar-refractivity contribution in [1.82, 2.24) is 9.97 Å². The first-order chi connectivity index (χ1) is 16.7. The Bertz CT molecular complexity index is 1300. The predicted molar refractivity (Wildman–Crippen MR) is 136 cm³/mol. The Hall–Kier alpha value is -2.06. The van der Waals surface area contributed by atoms with Gasteiger partial charge in [0.25, 0.3) is 0 Å². The number of carbonyl (C=O) groups is 1. The van der Waals surface area contributed by atoms with Crippen LogP contribution in [-0.2, 0) is 20.2 Å². The molecule has 1 aliphatic carbocycles. The quantitative estimate of drug-likeness (QED) is 0.253. The van der Waals surface area contributed by atoms with E-state index in [2.05, 4.69) is 19.5 Å². The third-order valence-corrected chi connectivity index (χ3v) is 8.54. The summed E-state index contributed by atoms with van der Waals surface area (Å²) in [6, 6.07) is 9.23. The minimum atomic E-state index is -4.08. The number of aliphatic hydroxyl groups excluding tert-OH is 1. The molecule has 1 fully saturated rings. The summed E-state index contributed by atoms with van der Waals surface area (Å²) in [7, 11) is -4.08. The molecule has 1 aliphatic rings. The van der Waals surface area contributed by atoms with Crippen LogP contribution < -0.4 is 10.5 Å². The molecule has 2 aromatic heterocycles. The van der Waals surface area contributed by atoms with Gasteiger partial charge in [0.05, 0.1) is 28.2 Å². The van der Waals surface area contributed by atoms with Crippen molar-refractivity contribution in [1.29, 1.82) is 0 Å². The lowest BCUT2D eigenvalue weighted by molar-refractivity contribution is 0.101. The maximum atomic E-state index is 13.2. The van der Waals surface area contributed by atoms with Gasteiger partial charge in [0.1, 0.15) is 12.1 Å². The van der Waals surface area contributed by atoms with E-state index >= 15 is 0 Å². The van der Waals surface area contributed by atoms with Crippen LogP contribution in [0.3, 0.4) is 0 Å². The number of aliphatic hydroxyl groups is 1. The number of carbonyl (C=O) groups excluding carboxylic acids is 1. The van der Waals surface area contributed by atoms with Crippen LogP contribution in [0.15, 0.2) is 53.1 Å². The fraction of sp³-hybridized carbons (Fsp3) is 0.318. The van der Waals surface area contributed by atoms with Crippen LogP contribution in [0, 0.1) is 5.92 Å². The Morgan fingerprint density at radius 1 is 1.34 bits per heavy atom. The number of nitrogens with zero attached hydrogens (tertiary/aromatic N) is 2. The minimum absolute atomic E-state index is 0.209. The molecule has 3 atom stereocenters. The van der Waals surface area contributed by atoms with E-state index in [0.29, 0.717) is 39.9 Å². The molecule has 2 heterocycles. The van der Waals surface area contributed by atoms with Crippen LogP contribution in [0.4, 0.5) is 5.82 Å². The van der Waals surface area contributed by atoms with Crippen molar-refractivity contribution in [2.45, 2.75) is 35.6 Å². The third kappa shape index (κ3) is 7.00. The van der Waals surface area contributed by atoms with Gasteiger partial charge in [-0.3, -0.25) is 8.98 Å². The summed E-state index contributed by atoms with van der Waals surface area (Å²) < 4.78 is 26.7. The maximum Gasteiger partial charge on any atom is 0.333 e. The summed E-state index contributed by atoms with van der Waals surface area (Å²) in [5.74, 6) is 0.406. The van der Waals surface area contributed by atoms with Gasteiger partial charge in [-0.05, 0) is 42.0 Å².